The lowest BCUT2D eigenvalue weighted by Gasteiger charge is -2.17. The second-order valence-corrected chi connectivity index (χ2v) is 7.72. The van der Waals surface area contributed by atoms with E-state index in [9.17, 15) is 23.5 Å². The molecule has 2 amide bonds. The number of aromatic hydroxyl groups is 1. The summed E-state index contributed by atoms with van der Waals surface area (Å²) in [7, 11) is 0. The smallest absolute Gasteiger partial charge is 0.270 e. The molecule has 0 radical (unpaired) electrons. The van der Waals surface area contributed by atoms with Crippen molar-refractivity contribution in [3.05, 3.63) is 72.6 Å². The number of nitrogens with zero attached hydrogens (tertiary/aromatic N) is 3. The maximum Gasteiger partial charge on any atom is 0.270 e. The topological polar surface area (TPSA) is 94.9 Å². The lowest BCUT2D eigenvalue weighted by molar-refractivity contribution is -0.127. The molecule has 0 saturated heterocycles. The van der Waals surface area contributed by atoms with Gasteiger partial charge in [-0.2, -0.15) is 10.1 Å². The average molecular weight is 450 g/mol. The minimum absolute atomic E-state index is 0.0131. The van der Waals surface area contributed by atoms with E-state index in [0.717, 1.165) is 11.9 Å². The van der Waals surface area contributed by atoms with Gasteiger partial charge in [-0.15, -0.1) is 0 Å². The first-order chi connectivity index (χ1) is 15.6. The van der Waals surface area contributed by atoms with Gasteiger partial charge in [-0.25, -0.2) is 8.78 Å². The monoisotopic (exact) mass is 450 g/mol. The van der Waals surface area contributed by atoms with E-state index in [1.807, 2.05) is 0 Å². The first kappa shape index (κ1) is 22.1. The van der Waals surface area contributed by atoms with Crippen molar-refractivity contribution in [3.63, 3.8) is 0 Å². The third-order valence-corrected chi connectivity index (χ3v) is 5.25. The fourth-order valence-corrected chi connectivity index (χ4v) is 3.56. The Morgan fingerprint density at radius 2 is 1.85 bits per heavy atom. The van der Waals surface area contributed by atoms with Crippen LogP contribution in [0.3, 0.4) is 0 Å². The Bertz CT molecular complexity index is 1260. The number of pyridine rings is 1. The van der Waals surface area contributed by atoms with E-state index in [1.54, 1.807) is 37.5 Å². The number of hydrazone groups is 1. The molecule has 7 nitrogen and oxygen atoms in total. The van der Waals surface area contributed by atoms with Crippen LogP contribution in [0.15, 0.2) is 72.1 Å². The van der Waals surface area contributed by atoms with Crippen molar-refractivity contribution in [2.75, 3.05) is 10.3 Å². The van der Waals surface area contributed by atoms with E-state index in [0.29, 0.717) is 16.8 Å². The molecule has 168 valence electrons. The van der Waals surface area contributed by atoms with Gasteiger partial charge in [0.25, 0.3) is 11.8 Å². The molecule has 1 aromatic heterocycles. The van der Waals surface area contributed by atoms with Crippen LogP contribution in [0.1, 0.15) is 19.4 Å². The van der Waals surface area contributed by atoms with Gasteiger partial charge in [0.2, 0.25) is 5.91 Å². The number of amides is 2. The largest absolute Gasteiger partial charge is 0.507 e. The number of aromatic nitrogens is 1. The Hall–Kier alpha value is -4.14. The van der Waals surface area contributed by atoms with Gasteiger partial charge < -0.3 is 10.4 Å². The lowest BCUT2D eigenvalue weighted by atomic mass is 10.0. The molecule has 2 aromatic carbocycles. The molecule has 3 aromatic rings. The molecular weight excluding hydrogens is 430 g/mol. The minimum Gasteiger partial charge on any atom is -0.507 e. The second kappa shape index (κ2) is 8.42. The van der Waals surface area contributed by atoms with Crippen LogP contribution in [0.5, 0.6) is 5.75 Å². The zero-order valence-corrected chi connectivity index (χ0v) is 17.8. The highest BCUT2D eigenvalue weighted by molar-refractivity contribution is 6.28. The van der Waals surface area contributed by atoms with Gasteiger partial charge in [0.05, 0.1) is 11.4 Å². The van der Waals surface area contributed by atoms with Crippen LogP contribution in [0, 0.1) is 5.92 Å². The summed E-state index contributed by atoms with van der Waals surface area (Å²) >= 11 is 0. The Balaban J connectivity index is 1.57. The number of phenolic OH excluding ortho intramolecular Hbond substituents is 1. The second-order valence-electron chi connectivity index (χ2n) is 7.72. The molecule has 0 spiro atoms. The van der Waals surface area contributed by atoms with E-state index >= 15 is 0 Å². The first-order valence-corrected chi connectivity index (χ1v) is 10.1. The van der Waals surface area contributed by atoms with Crippen molar-refractivity contribution in [2.24, 2.45) is 11.0 Å². The van der Waals surface area contributed by atoms with Gasteiger partial charge >= 0.3 is 0 Å². The summed E-state index contributed by atoms with van der Waals surface area (Å²) in [6.07, 6.45) is 3.16. The number of carbonyl (C=O) groups is 2. The fourth-order valence-electron chi connectivity index (χ4n) is 3.56. The van der Waals surface area contributed by atoms with Crippen molar-refractivity contribution in [1.29, 1.82) is 0 Å². The van der Waals surface area contributed by atoms with E-state index in [1.165, 1.54) is 36.4 Å². The predicted octanol–water partition coefficient (Wildman–Crippen LogP) is 4.54. The highest BCUT2D eigenvalue weighted by Crippen LogP contribution is 2.35. The van der Waals surface area contributed by atoms with Crippen LogP contribution >= 0.6 is 0 Å². The summed E-state index contributed by atoms with van der Waals surface area (Å²) in [5, 5.41) is 18.1. The van der Waals surface area contributed by atoms with Gasteiger partial charge in [0.1, 0.15) is 5.75 Å². The minimum atomic E-state index is -3.07. The van der Waals surface area contributed by atoms with Gasteiger partial charge in [-0.3, -0.25) is 14.6 Å². The SMILES string of the molecule is CC1=NN(c2ccc(O)c(-c3ccncc3)c2)C(=O)C1C(=O)Nc1cccc(C(C)(F)F)c1. The molecule has 0 aliphatic carbocycles. The number of hydrogen-bond acceptors (Lipinski definition) is 5. The molecule has 1 aliphatic rings. The molecule has 0 bridgehead atoms. The van der Waals surface area contributed by atoms with Crippen LogP contribution in [-0.4, -0.2) is 27.6 Å². The summed E-state index contributed by atoms with van der Waals surface area (Å²) in [6.45, 7) is 2.31. The van der Waals surface area contributed by atoms with Crippen LogP contribution in [0.2, 0.25) is 0 Å². The molecule has 1 unspecified atom stereocenters. The normalized spacial score (nSPS) is 16.0. The van der Waals surface area contributed by atoms with Crippen LogP contribution in [0.25, 0.3) is 11.1 Å². The molecule has 1 aliphatic heterocycles. The number of alkyl halides is 2. The van der Waals surface area contributed by atoms with Crippen molar-refractivity contribution < 1.29 is 23.5 Å². The Labute approximate surface area is 188 Å². The van der Waals surface area contributed by atoms with Gasteiger partial charge in [0.15, 0.2) is 5.92 Å². The molecule has 1 atom stereocenters. The number of rotatable bonds is 5. The molecule has 9 heteroatoms. The molecule has 0 saturated carbocycles. The lowest BCUT2D eigenvalue weighted by Crippen LogP contribution is -2.36. The molecule has 4 rings (SSSR count). The van der Waals surface area contributed by atoms with Crippen molar-refractivity contribution in [2.45, 2.75) is 19.8 Å². The number of anilines is 2. The summed E-state index contributed by atoms with van der Waals surface area (Å²) in [6, 6.07) is 13.3. The van der Waals surface area contributed by atoms with Crippen molar-refractivity contribution in [1.82, 2.24) is 4.98 Å². The number of phenols is 1. The molecular formula is C24H20F2N4O3. The maximum absolute atomic E-state index is 13.6. The van der Waals surface area contributed by atoms with Gasteiger partial charge in [-0.05, 0) is 55.0 Å². The third kappa shape index (κ3) is 4.43. The number of carbonyl (C=O) groups excluding carboxylic acids is 2. The maximum atomic E-state index is 13.6. The Morgan fingerprint density at radius 1 is 1.12 bits per heavy atom. The van der Waals surface area contributed by atoms with Crippen molar-refractivity contribution >= 4 is 28.9 Å². The van der Waals surface area contributed by atoms with Crippen molar-refractivity contribution in [3.8, 4) is 16.9 Å². The quantitative estimate of drug-likeness (QED) is 0.558. The summed E-state index contributed by atoms with van der Waals surface area (Å²) in [4.78, 5) is 29.9. The van der Waals surface area contributed by atoms with E-state index in [4.69, 9.17) is 0 Å². The highest BCUT2D eigenvalue weighted by Gasteiger charge is 2.40. The van der Waals surface area contributed by atoms with E-state index < -0.39 is 23.7 Å². The molecule has 0 fully saturated rings. The van der Waals surface area contributed by atoms with Crippen LogP contribution in [0.4, 0.5) is 20.2 Å². The van der Waals surface area contributed by atoms with E-state index in [2.05, 4.69) is 15.4 Å². The number of benzene rings is 2. The summed E-state index contributed by atoms with van der Waals surface area (Å²) < 4.78 is 27.2. The molecule has 2 heterocycles. The van der Waals surface area contributed by atoms with Crippen LogP contribution in [-0.2, 0) is 15.5 Å². The number of hydrogen-bond donors (Lipinski definition) is 2. The first-order valence-electron chi connectivity index (χ1n) is 10.1. The standard InChI is InChI=1S/C24H20F2N4O3/c1-14-21(22(32)28-17-5-3-4-16(12-17)24(2,25)26)23(33)30(29-14)18-6-7-20(31)19(13-18)15-8-10-27-11-9-15/h3-13,21,31H,1-2H3,(H,28,32). The Kier molecular flexibility index (Phi) is 5.63. The summed E-state index contributed by atoms with van der Waals surface area (Å²) in [5.41, 5.74) is 1.69. The summed E-state index contributed by atoms with van der Waals surface area (Å²) in [5.74, 6) is -5.53. The van der Waals surface area contributed by atoms with Gasteiger partial charge in [0, 0.05) is 36.1 Å². The zero-order valence-electron chi connectivity index (χ0n) is 17.8. The molecule has 2 N–H and O–H groups in total. The number of halogens is 2. The highest BCUT2D eigenvalue weighted by atomic mass is 19.3. The van der Waals surface area contributed by atoms with E-state index in [-0.39, 0.29) is 22.7 Å². The Morgan fingerprint density at radius 3 is 2.55 bits per heavy atom. The average Bonchev–Trinajstić information content (AvgIpc) is 3.08. The zero-order chi connectivity index (χ0) is 23.8. The van der Waals surface area contributed by atoms with Gasteiger partial charge in [-0.1, -0.05) is 12.1 Å². The third-order valence-electron chi connectivity index (χ3n) is 5.25. The number of nitrogens with one attached hydrogen (secondary N) is 1. The fraction of sp³-hybridized carbons (Fsp3) is 0.167. The van der Waals surface area contributed by atoms with Crippen LogP contribution < -0.4 is 10.3 Å². The molecule has 33 heavy (non-hydrogen) atoms. The predicted molar refractivity (Wildman–Crippen MR) is 120 cm³/mol.